The Bertz CT molecular complexity index is 1550. The zero-order valence-corrected chi connectivity index (χ0v) is 21.3. The van der Waals surface area contributed by atoms with Gasteiger partial charge in [-0.25, -0.2) is 14.4 Å². The minimum absolute atomic E-state index is 0.176. The van der Waals surface area contributed by atoms with Gasteiger partial charge in [-0.2, -0.15) is 0 Å². The third kappa shape index (κ3) is 5.89. The van der Waals surface area contributed by atoms with Crippen molar-refractivity contribution in [1.82, 2.24) is 0 Å². The summed E-state index contributed by atoms with van der Waals surface area (Å²) in [6, 6.07) is 22.4. The van der Waals surface area contributed by atoms with Gasteiger partial charge >= 0.3 is 17.6 Å². The van der Waals surface area contributed by atoms with Gasteiger partial charge in [0.25, 0.3) is 0 Å². The largest absolute Gasteiger partial charge is 0.462 e. The van der Waals surface area contributed by atoms with Gasteiger partial charge in [0, 0.05) is 17.5 Å². The van der Waals surface area contributed by atoms with E-state index in [1.165, 1.54) is 24.3 Å². The number of hydrogen-bond donors (Lipinski definition) is 2. The first-order chi connectivity index (χ1) is 19.3. The second kappa shape index (κ2) is 11.7. The van der Waals surface area contributed by atoms with E-state index in [0.29, 0.717) is 16.5 Å². The summed E-state index contributed by atoms with van der Waals surface area (Å²) in [5, 5.41) is 22.8. The molecule has 1 aliphatic rings. The highest BCUT2D eigenvalue weighted by atomic mass is 16.7. The van der Waals surface area contributed by atoms with Gasteiger partial charge in [-0.15, -0.1) is 0 Å². The molecule has 0 spiro atoms. The molecule has 10 heteroatoms. The Kier molecular flexibility index (Phi) is 7.92. The van der Waals surface area contributed by atoms with E-state index in [0.717, 1.165) is 0 Å². The molecule has 206 valence electrons. The van der Waals surface area contributed by atoms with Gasteiger partial charge in [-0.1, -0.05) is 36.4 Å². The highest BCUT2D eigenvalue weighted by molar-refractivity contribution is 5.90. The molecule has 0 amide bonds. The molecule has 0 radical (unpaired) electrons. The molecule has 5 rings (SSSR count). The van der Waals surface area contributed by atoms with Crippen molar-refractivity contribution in [3.8, 4) is 5.75 Å². The van der Waals surface area contributed by atoms with Crippen LogP contribution in [0.1, 0.15) is 26.3 Å². The summed E-state index contributed by atoms with van der Waals surface area (Å²) >= 11 is 0. The molecule has 10 nitrogen and oxygen atoms in total. The summed E-state index contributed by atoms with van der Waals surface area (Å²) in [6.45, 7) is 1.34. The highest BCUT2D eigenvalue weighted by Gasteiger charge is 2.48. The summed E-state index contributed by atoms with van der Waals surface area (Å²) < 4.78 is 27.8. The number of ether oxygens (including phenoxy) is 4. The third-order valence-electron chi connectivity index (χ3n) is 6.46. The van der Waals surface area contributed by atoms with Crippen LogP contribution < -0.4 is 10.4 Å². The van der Waals surface area contributed by atoms with E-state index in [-0.39, 0.29) is 16.9 Å². The van der Waals surface area contributed by atoms with Gasteiger partial charge in [-0.05, 0) is 48.9 Å². The van der Waals surface area contributed by atoms with E-state index < -0.39 is 54.9 Å². The van der Waals surface area contributed by atoms with Crippen molar-refractivity contribution >= 4 is 22.9 Å². The van der Waals surface area contributed by atoms with Crippen LogP contribution in [0.5, 0.6) is 5.75 Å². The predicted octanol–water partition coefficient (Wildman–Crippen LogP) is 3.01. The minimum atomic E-state index is -1.64. The second-order valence-corrected chi connectivity index (χ2v) is 9.25. The van der Waals surface area contributed by atoms with Gasteiger partial charge in [0.1, 0.15) is 30.1 Å². The SMILES string of the molecule is Cc1cc(=O)oc2cc(O[C@@H]3O[C@H](COC(=O)c4ccccc4)[C@H](O)[C@H](OC(=O)c4ccccc4)[C@H]3O)ccc12. The standard InChI is InChI=1S/C30H26O10/c1-17-14-24(31)38-22-15-20(12-13-21(17)22)37-30-26(33)27(40-29(35)19-10-6-3-7-11-19)25(32)23(39-30)16-36-28(34)18-8-4-2-5-9-18/h2-15,23,25-27,30,32-33H,16H2,1H3/t23-,25+,26-,27+,30-/m1/s1. The maximum absolute atomic E-state index is 12.8. The molecule has 0 aliphatic carbocycles. The van der Waals surface area contributed by atoms with Crippen molar-refractivity contribution in [1.29, 1.82) is 0 Å². The van der Waals surface area contributed by atoms with Crippen LogP contribution in [0.2, 0.25) is 0 Å². The molecular weight excluding hydrogens is 520 g/mol. The van der Waals surface area contributed by atoms with E-state index in [2.05, 4.69) is 0 Å². The number of aryl methyl sites for hydroxylation is 1. The molecule has 2 heterocycles. The van der Waals surface area contributed by atoms with Gasteiger partial charge in [0.2, 0.25) is 6.29 Å². The van der Waals surface area contributed by atoms with Crippen LogP contribution in [0.15, 0.2) is 94.1 Å². The van der Waals surface area contributed by atoms with Crippen molar-refractivity contribution < 1.29 is 43.2 Å². The van der Waals surface area contributed by atoms with Crippen LogP contribution in [0, 0.1) is 6.92 Å². The Morgan fingerprint density at radius 1 is 0.850 bits per heavy atom. The van der Waals surface area contributed by atoms with Crippen molar-refractivity contribution in [3.63, 3.8) is 0 Å². The first kappa shape index (κ1) is 27.1. The average Bonchev–Trinajstić information content (AvgIpc) is 2.96. The maximum atomic E-state index is 12.8. The summed E-state index contributed by atoms with van der Waals surface area (Å²) in [6.07, 6.45) is -7.37. The molecule has 5 atom stereocenters. The number of esters is 2. The molecule has 4 aromatic rings. The third-order valence-corrected chi connectivity index (χ3v) is 6.46. The molecule has 2 N–H and O–H groups in total. The second-order valence-electron chi connectivity index (χ2n) is 9.25. The molecule has 40 heavy (non-hydrogen) atoms. The van der Waals surface area contributed by atoms with E-state index in [4.69, 9.17) is 23.4 Å². The number of fused-ring (bicyclic) bond motifs is 1. The number of rotatable bonds is 7. The van der Waals surface area contributed by atoms with E-state index in [9.17, 15) is 24.6 Å². The van der Waals surface area contributed by atoms with E-state index in [1.807, 2.05) is 0 Å². The molecular formula is C30H26O10. The Morgan fingerprint density at radius 3 is 2.17 bits per heavy atom. The number of carbonyl (C=O) groups excluding carboxylic acids is 2. The fourth-order valence-electron chi connectivity index (χ4n) is 4.37. The normalized spacial score (nSPS) is 22.4. The van der Waals surface area contributed by atoms with Gasteiger partial charge in [0.05, 0.1) is 11.1 Å². The molecule has 0 saturated carbocycles. The lowest BCUT2D eigenvalue weighted by atomic mass is 9.98. The first-order valence-electron chi connectivity index (χ1n) is 12.5. The zero-order chi connectivity index (χ0) is 28.2. The van der Waals surface area contributed by atoms with Crippen LogP contribution >= 0.6 is 0 Å². The van der Waals surface area contributed by atoms with Gasteiger partial charge in [-0.3, -0.25) is 0 Å². The molecule has 1 aromatic heterocycles. The first-order valence-corrected chi connectivity index (χ1v) is 12.5. The van der Waals surface area contributed by atoms with Gasteiger partial charge in [0.15, 0.2) is 12.2 Å². The lowest BCUT2D eigenvalue weighted by molar-refractivity contribution is -0.276. The van der Waals surface area contributed by atoms with Crippen LogP contribution in [-0.2, 0) is 14.2 Å². The van der Waals surface area contributed by atoms with Gasteiger partial charge < -0.3 is 33.6 Å². The van der Waals surface area contributed by atoms with Crippen LogP contribution in [0.4, 0.5) is 0 Å². The van der Waals surface area contributed by atoms with E-state index >= 15 is 0 Å². The lowest BCUT2D eigenvalue weighted by Crippen LogP contribution is -2.61. The average molecular weight is 547 g/mol. The number of aliphatic hydroxyl groups excluding tert-OH is 2. The molecule has 1 saturated heterocycles. The molecule has 1 aliphatic heterocycles. The summed E-state index contributed by atoms with van der Waals surface area (Å²) in [4.78, 5) is 37.1. The minimum Gasteiger partial charge on any atom is -0.462 e. The highest BCUT2D eigenvalue weighted by Crippen LogP contribution is 2.29. The van der Waals surface area contributed by atoms with Crippen molar-refractivity contribution in [3.05, 3.63) is 112 Å². The fourth-order valence-corrected chi connectivity index (χ4v) is 4.37. The summed E-state index contributed by atoms with van der Waals surface area (Å²) in [5.41, 5.74) is 0.933. The van der Waals surface area contributed by atoms with Crippen LogP contribution in [0.3, 0.4) is 0 Å². The molecule has 1 fully saturated rings. The molecule has 0 unspecified atom stereocenters. The number of aliphatic hydroxyl groups is 2. The van der Waals surface area contributed by atoms with Crippen molar-refractivity contribution in [2.24, 2.45) is 0 Å². The zero-order valence-electron chi connectivity index (χ0n) is 21.3. The van der Waals surface area contributed by atoms with Crippen molar-refractivity contribution in [2.45, 2.75) is 37.6 Å². The summed E-state index contributed by atoms with van der Waals surface area (Å²) in [7, 11) is 0. The smallest absolute Gasteiger partial charge is 0.338 e. The predicted molar refractivity (Wildman–Crippen MR) is 141 cm³/mol. The monoisotopic (exact) mass is 546 g/mol. The fraction of sp³-hybridized carbons (Fsp3) is 0.233. The Hall–Kier alpha value is -4.51. The quantitative estimate of drug-likeness (QED) is 0.262. The Balaban J connectivity index is 1.39. The molecule has 0 bridgehead atoms. The van der Waals surface area contributed by atoms with Crippen LogP contribution in [0.25, 0.3) is 11.0 Å². The van der Waals surface area contributed by atoms with Crippen LogP contribution in [-0.4, -0.2) is 59.5 Å². The van der Waals surface area contributed by atoms with Crippen molar-refractivity contribution in [2.75, 3.05) is 6.61 Å². The number of benzene rings is 3. The topological polar surface area (TPSA) is 142 Å². The Labute approximate surface area is 228 Å². The summed E-state index contributed by atoms with van der Waals surface area (Å²) in [5.74, 6) is -1.26. The maximum Gasteiger partial charge on any atom is 0.338 e. The molecule has 3 aromatic carbocycles. The number of hydrogen-bond acceptors (Lipinski definition) is 10. The Morgan fingerprint density at radius 2 is 1.50 bits per heavy atom. The van der Waals surface area contributed by atoms with E-state index in [1.54, 1.807) is 67.6 Å². The lowest BCUT2D eigenvalue weighted by Gasteiger charge is -2.41. The number of carbonyl (C=O) groups is 2.